The van der Waals surface area contributed by atoms with Crippen molar-refractivity contribution in [2.75, 3.05) is 6.54 Å². The molecule has 0 spiro atoms. The molecule has 2 rings (SSSR count). The van der Waals surface area contributed by atoms with E-state index in [1.807, 2.05) is 0 Å². The third-order valence-corrected chi connectivity index (χ3v) is 3.32. The number of carbonyl (C=O) groups is 1. The van der Waals surface area contributed by atoms with Gasteiger partial charge in [-0.1, -0.05) is 11.6 Å². The molecular formula is C12H10ClF3N2O3. The number of halogens is 4. The van der Waals surface area contributed by atoms with Crippen LogP contribution in [-0.2, 0) is 0 Å². The minimum atomic E-state index is -4.54. The predicted octanol–water partition coefficient (Wildman–Crippen LogP) is 3.42. The summed E-state index contributed by atoms with van der Waals surface area (Å²) < 4.78 is 37.6. The van der Waals surface area contributed by atoms with Gasteiger partial charge in [-0.3, -0.25) is 14.9 Å². The summed E-state index contributed by atoms with van der Waals surface area (Å²) in [6.45, 7) is -1.39. The molecule has 1 saturated carbocycles. The maximum Gasteiger partial charge on any atom is 0.406 e. The third kappa shape index (κ3) is 3.84. The largest absolute Gasteiger partial charge is 0.406 e. The minimum Gasteiger partial charge on any atom is -0.327 e. The van der Waals surface area contributed by atoms with Crippen molar-refractivity contribution in [3.63, 3.8) is 0 Å². The van der Waals surface area contributed by atoms with Gasteiger partial charge in [0.2, 0.25) is 0 Å². The predicted molar refractivity (Wildman–Crippen MR) is 68.2 cm³/mol. The fraction of sp³-hybridized carbons (Fsp3) is 0.417. The lowest BCUT2D eigenvalue weighted by Gasteiger charge is -2.24. The molecule has 9 heteroatoms. The summed E-state index contributed by atoms with van der Waals surface area (Å²) >= 11 is 5.78. The van der Waals surface area contributed by atoms with Crippen LogP contribution in [0.2, 0.25) is 5.02 Å². The second-order valence-corrected chi connectivity index (χ2v) is 5.11. The fourth-order valence-corrected chi connectivity index (χ4v) is 2.09. The molecule has 0 heterocycles. The molecule has 5 nitrogen and oxygen atoms in total. The van der Waals surface area contributed by atoms with Gasteiger partial charge in [0.05, 0.1) is 15.5 Å². The first kappa shape index (κ1) is 15.6. The number of amides is 1. The van der Waals surface area contributed by atoms with Crippen LogP contribution in [0.4, 0.5) is 18.9 Å². The molecule has 1 amide bonds. The molecule has 0 aliphatic heterocycles. The molecule has 0 aromatic heterocycles. The number of carbonyl (C=O) groups excluding carboxylic acids is 1. The normalized spacial score (nSPS) is 14.9. The first-order valence-electron chi connectivity index (χ1n) is 6.00. The third-order valence-electron chi connectivity index (χ3n) is 2.99. The number of non-ortho nitro benzene ring substituents is 1. The molecule has 1 fully saturated rings. The van der Waals surface area contributed by atoms with E-state index < -0.39 is 35.3 Å². The van der Waals surface area contributed by atoms with Crippen LogP contribution in [0.5, 0.6) is 0 Å². The van der Waals surface area contributed by atoms with Gasteiger partial charge in [0.1, 0.15) is 6.54 Å². The zero-order valence-electron chi connectivity index (χ0n) is 10.6. The molecule has 1 aliphatic rings. The Hall–Kier alpha value is -1.83. The Morgan fingerprint density at radius 3 is 2.52 bits per heavy atom. The molecule has 1 aliphatic carbocycles. The highest BCUT2D eigenvalue weighted by Gasteiger charge is 2.41. The fourth-order valence-electron chi connectivity index (χ4n) is 1.89. The molecule has 0 radical (unpaired) electrons. The number of nitro benzene ring substituents is 1. The van der Waals surface area contributed by atoms with Crippen LogP contribution >= 0.6 is 11.6 Å². The van der Waals surface area contributed by atoms with E-state index in [0.717, 1.165) is 18.2 Å². The maximum atomic E-state index is 12.5. The number of benzene rings is 1. The van der Waals surface area contributed by atoms with Gasteiger partial charge in [0.25, 0.3) is 11.6 Å². The number of rotatable bonds is 4. The topological polar surface area (TPSA) is 63.4 Å². The van der Waals surface area contributed by atoms with Gasteiger partial charge in [0.15, 0.2) is 0 Å². The number of nitrogens with zero attached hydrogens (tertiary/aromatic N) is 2. The SMILES string of the molecule is O=C(c1cc([N+](=O)[O-])ccc1Cl)N(CC(F)(F)F)C1CC1. The highest BCUT2D eigenvalue weighted by Crippen LogP contribution is 2.33. The second-order valence-electron chi connectivity index (χ2n) is 4.70. The average molecular weight is 323 g/mol. The van der Waals surface area contributed by atoms with Gasteiger partial charge >= 0.3 is 6.18 Å². The number of nitro groups is 1. The van der Waals surface area contributed by atoms with Crippen LogP contribution in [-0.4, -0.2) is 34.5 Å². The number of alkyl halides is 3. The second kappa shape index (κ2) is 5.51. The van der Waals surface area contributed by atoms with Crippen LogP contribution in [0.3, 0.4) is 0 Å². The van der Waals surface area contributed by atoms with Gasteiger partial charge in [-0.05, 0) is 18.9 Å². The minimum absolute atomic E-state index is 0.113. The van der Waals surface area contributed by atoms with Crippen LogP contribution in [0, 0.1) is 10.1 Å². The summed E-state index contributed by atoms with van der Waals surface area (Å²) in [4.78, 5) is 22.8. The summed E-state index contributed by atoms with van der Waals surface area (Å²) in [5, 5.41) is 10.6. The van der Waals surface area contributed by atoms with Gasteiger partial charge in [-0.25, -0.2) is 0 Å². The molecule has 0 atom stereocenters. The van der Waals surface area contributed by atoms with Gasteiger partial charge in [-0.15, -0.1) is 0 Å². The Kier molecular flexibility index (Phi) is 4.08. The van der Waals surface area contributed by atoms with Crippen LogP contribution in [0.25, 0.3) is 0 Å². The lowest BCUT2D eigenvalue weighted by atomic mass is 10.1. The van der Waals surface area contributed by atoms with Crippen LogP contribution in [0.15, 0.2) is 18.2 Å². The number of hydrogen-bond donors (Lipinski definition) is 0. The van der Waals surface area contributed by atoms with Gasteiger partial charge in [0, 0.05) is 18.2 Å². The van der Waals surface area contributed by atoms with Crippen molar-refractivity contribution in [2.45, 2.75) is 25.1 Å². The lowest BCUT2D eigenvalue weighted by molar-refractivity contribution is -0.384. The first-order valence-corrected chi connectivity index (χ1v) is 6.38. The van der Waals surface area contributed by atoms with Crippen molar-refractivity contribution in [2.24, 2.45) is 0 Å². The maximum absolute atomic E-state index is 12.5. The zero-order chi connectivity index (χ0) is 15.8. The number of hydrogen-bond acceptors (Lipinski definition) is 3. The Balaban J connectivity index is 2.32. The molecule has 1 aromatic carbocycles. The Morgan fingerprint density at radius 2 is 2.05 bits per heavy atom. The highest BCUT2D eigenvalue weighted by molar-refractivity contribution is 6.34. The van der Waals surface area contributed by atoms with E-state index >= 15 is 0 Å². The van der Waals surface area contributed by atoms with Crippen molar-refractivity contribution in [1.29, 1.82) is 0 Å². The standard InChI is InChI=1S/C12H10ClF3N2O3/c13-10-4-3-8(18(20)21)5-9(10)11(19)17(7-1-2-7)6-12(14,15)16/h3-5,7H,1-2,6H2. The highest BCUT2D eigenvalue weighted by atomic mass is 35.5. The molecule has 21 heavy (non-hydrogen) atoms. The van der Waals surface area contributed by atoms with Crippen molar-refractivity contribution in [3.8, 4) is 0 Å². The lowest BCUT2D eigenvalue weighted by Crippen LogP contribution is -2.40. The smallest absolute Gasteiger partial charge is 0.327 e. The van der Waals surface area contributed by atoms with Crippen molar-refractivity contribution >= 4 is 23.2 Å². The summed E-state index contributed by atoms with van der Waals surface area (Å²) in [5.74, 6) is -0.941. The monoisotopic (exact) mass is 322 g/mol. The van der Waals surface area contributed by atoms with E-state index in [1.54, 1.807) is 0 Å². The molecule has 1 aromatic rings. The van der Waals surface area contributed by atoms with E-state index in [9.17, 15) is 28.1 Å². The van der Waals surface area contributed by atoms with E-state index in [4.69, 9.17) is 11.6 Å². The molecule has 0 unspecified atom stereocenters. The summed E-state index contributed by atoms with van der Waals surface area (Å²) in [5.41, 5.74) is -0.687. The zero-order valence-corrected chi connectivity index (χ0v) is 11.3. The van der Waals surface area contributed by atoms with Crippen molar-refractivity contribution in [1.82, 2.24) is 4.90 Å². The van der Waals surface area contributed by atoms with Gasteiger partial charge < -0.3 is 4.90 Å². The van der Waals surface area contributed by atoms with E-state index in [1.165, 1.54) is 0 Å². The molecular weight excluding hydrogens is 313 g/mol. The molecule has 0 saturated heterocycles. The van der Waals surface area contributed by atoms with Crippen LogP contribution < -0.4 is 0 Å². The quantitative estimate of drug-likeness (QED) is 0.630. The van der Waals surface area contributed by atoms with Gasteiger partial charge in [-0.2, -0.15) is 13.2 Å². The van der Waals surface area contributed by atoms with Crippen molar-refractivity contribution < 1.29 is 22.9 Å². The summed E-state index contributed by atoms with van der Waals surface area (Å²) in [7, 11) is 0. The Morgan fingerprint density at radius 1 is 1.43 bits per heavy atom. The first-order chi connectivity index (χ1) is 9.69. The van der Waals surface area contributed by atoms with Crippen molar-refractivity contribution in [3.05, 3.63) is 38.9 Å². The molecule has 114 valence electrons. The van der Waals surface area contributed by atoms with E-state index in [-0.39, 0.29) is 10.6 Å². The van der Waals surface area contributed by atoms with E-state index in [0.29, 0.717) is 17.7 Å². The average Bonchev–Trinajstić information content (AvgIpc) is 3.18. The molecule has 0 N–H and O–H groups in total. The summed E-state index contributed by atoms with van der Waals surface area (Å²) in [6, 6.07) is 2.63. The van der Waals surface area contributed by atoms with Crippen LogP contribution in [0.1, 0.15) is 23.2 Å². The Bertz CT molecular complexity index is 588. The van der Waals surface area contributed by atoms with E-state index in [2.05, 4.69) is 0 Å². The Labute approximate surface area is 122 Å². The molecule has 0 bridgehead atoms. The summed E-state index contributed by atoms with van der Waals surface area (Å²) in [6.07, 6.45) is -3.58.